The summed E-state index contributed by atoms with van der Waals surface area (Å²) in [6.07, 6.45) is 1.66. The molecule has 0 saturated carbocycles. The SMILES string of the molecule is CC(C)(CO)[C@H](NC[C@H](O)Cn1cc([N+](=O)[O-])cn1)c1ccccc1. The molecule has 0 saturated heterocycles. The van der Waals surface area contributed by atoms with E-state index >= 15 is 0 Å². The summed E-state index contributed by atoms with van der Waals surface area (Å²) in [5, 5.41) is 37.8. The van der Waals surface area contributed by atoms with Crippen molar-refractivity contribution in [3.05, 3.63) is 58.4 Å². The molecular weight excluding hydrogens is 324 g/mol. The lowest BCUT2D eigenvalue weighted by Crippen LogP contribution is -2.41. The van der Waals surface area contributed by atoms with Gasteiger partial charge in [-0.3, -0.25) is 14.8 Å². The van der Waals surface area contributed by atoms with Gasteiger partial charge < -0.3 is 15.5 Å². The molecule has 2 aromatic rings. The molecule has 0 spiro atoms. The van der Waals surface area contributed by atoms with Crippen LogP contribution >= 0.6 is 0 Å². The first kappa shape index (κ1) is 19.0. The van der Waals surface area contributed by atoms with Crippen LogP contribution in [0.2, 0.25) is 0 Å². The number of nitrogens with zero attached hydrogens (tertiary/aromatic N) is 3. The fourth-order valence-electron chi connectivity index (χ4n) is 2.66. The zero-order valence-corrected chi connectivity index (χ0v) is 14.4. The van der Waals surface area contributed by atoms with Gasteiger partial charge in [-0.25, -0.2) is 0 Å². The molecule has 1 heterocycles. The van der Waals surface area contributed by atoms with Gasteiger partial charge in [-0.1, -0.05) is 44.2 Å². The van der Waals surface area contributed by atoms with Crippen LogP contribution in [0.3, 0.4) is 0 Å². The minimum atomic E-state index is -0.778. The molecular formula is C17H24N4O4. The lowest BCUT2D eigenvalue weighted by molar-refractivity contribution is -0.385. The van der Waals surface area contributed by atoms with E-state index in [1.165, 1.54) is 10.9 Å². The average molecular weight is 348 g/mol. The van der Waals surface area contributed by atoms with Crippen molar-refractivity contribution in [3.63, 3.8) is 0 Å². The van der Waals surface area contributed by atoms with Gasteiger partial charge in [0.15, 0.2) is 0 Å². The number of aromatic nitrogens is 2. The van der Waals surface area contributed by atoms with Crippen LogP contribution in [0, 0.1) is 15.5 Å². The Kier molecular flexibility index (Phi) is 6.24. The maximum Gasteiger partial charge on any atom is 0.306 e. The predicted molar refractivity (Wildman–Crippen MR) is 92.9 cm³/mol. The molecule has 0 unspecified atom stereocenters. The first-order valence-electron chi connectivity index (χ1n) is 8.07. The van der Waals surface area contributed by atoms with Gasteiger partial charge in [-0.05, 0) is 5.56 Å². The summed E-state index contributed by atoms with van der Waals surface area (Å²) in [4.78, 5) is 10.1. The maximum absolute atomic E-state index is 10.7. The Morgan fingerprint density at radius 2 is 2.04 bits per heavy atom. The van der Waals surface area contributed by atoms with E-state index < -0.39 is 16.4 Å². The summed E-state index contributed by atoms with van der Waals surface area (Å²) in [5.41, 5.74) is 0.484. The Balaban J connectivity index is 2.00. The molecule has 0 amide bonds. The highest BCUT2D eigenvalue weighted by Gasteiger charge is 2.30. The van der Waals surface area contributed by atoms with E-state index in [9.17, 15) is 20.3 Å². The average Bonchev–Trinajstić information content (AvgIpc) is 3.04. The van der Waals surface area contributed by atoms with Crippen molar-refractivity contribution in [3.8, 4) is 0 Å². The Bertz CT molecular complexity index is 687. The van der Waals surface area contributed by atoms with Gasteiger partial charge in [0.05, 0.1) is 17.6 Å². The molecule has 0 aliphatic carbocycles. The molecule has 0 aliphatic rings. The minimum Gasteiger partial charge on any atom is -0.396 e. The van der Waals surface area contributed by atoms with Crippen molar-refractivity contribution in [1.82, 2.24) is 15.1 Å². The second kappa shape index (κ2) is 8.19. The smallest absolute Gasteiger partial charge is 0.306 e. The number of hydrogen-bond acceptors (Lipinski definition) is 6. The van der Waals surface area contributed by atoms with Crippen molar-refractivity contribution in [2.24, 2.45) is 5.41 Å². The van der Waals surface area contributed by atoms with Crippen LogP contribution in [-0.4, -0.2) is 44.2 Å². The van der Waals surface area contributed by atoms with Crippen LogP contribution in [0.25, 0.3) is 0 Å². The predicted octanol–water partition coefficient (Wildman–Crippen LogP) is 1.50. The van der Waals surface area contributed by atoms with Crippen molar-refractivity contribution in [1.29, 1.82) is 0 Å². The number of hydrogen-bond donors (Lipinski definition) is 3. The molecule has 0 aliphatic heterocycles. The maximum atomic E-state index is 10.7. The summed E-state index contributed by atoms with van der Waals surface area (Å²) in [7, 11) is 0. The van der Waals surface area contributed by atoms with Gasteiger partial charge in [0.2, 0.25) is 0 Å². The summed E-state index contributed by atoms with van der Waals surface area (Å²) in [6.45, 7) is 4.28. The number of benzene rings is 1. The van der Waals surface area contributed by atoms with Gasteiger partial charge in [0.1, 0.15) is 12.4 Å². The highest BCUT2D eigenvalue weighted by Crippen LogP contribution is 2.32. The summed E-state index contributed by atoms with van der Waals surface area (Å²) >= 11 is 0. The minimum absolute atomic E-state index is 0.0129. The van der Waals surface area contributed by atoms with Gasteiger partial charge in [-0.15, -0.1) is 0 Å². The number of nitro groups is 1. The molecule has 2 rings (SSSR count). The quantitative estimate of drug-likeness (QED) is 0.467. The van der Waals surface area contributed by atoms with Gasteiger partial charge in [0, 0.05) is 24.6 Å². The standard InChI is InChI=1S/C17H24N4O4/c1-17(2,12-22)16(13-6-4-3-5-7-13)18-9-15(23)11-20-10-14(8-19-20)21(24)25/h3-8,10,15-16,18,22-23H,9,11-12H2,1-2H3/t15-,16+/m0/s1. The van der Waals surface area contributed by atoms with E-state index in [0.717, 1.165) is 11.8 Å². The van der Waals surface area contributed by atoms with E-state index in [1.54, 1.807) is 0 Å². The van der Waals surface area contributed by atoms with E-state index in [1.807, 2.05) is 44.2 Å². The molecule has 0 bridgehead atoms. The van der Waals surface area contributed by atoms with Crippen molar-refractivity contribution < 1.29 is 15.1 Å². The molecule has 2 atom stereocenters. The highest BCUT2D eigenvalue weighted by atomic mass is 16.6. The third kappa shape index (κ3) is 5.09. The summed E-state index contributed by atoms with van der Waals surface area (Å²) in [6, 6.07) is 9.57. The van der Waals surface area contributed by atoms with Crippen molar-refractivity contribution >= 4 is 5.69 Å². The lowest BCUT2D eigenvalue weighted by Gasteiger charge is -2.34. The van der Waals surface area contributed by atoms with E-state index in [0.29, 0.717) is 0 Å². The summed E-state index contributed by atoms with van der Waals surface area (Å²) < 4.78 is 1.35. The van der Waals surface area contributed by atoms with Gasteiger partial charge in [0.25, 0.3) is 0 Å². The van der Waals surface area contributed by atoms with Crippen LogP contribution in [0.4, 0.5) is 5.69 Å². The Hall–Kier alpha value is -2.29. The molecule has 3 N–H and O–H groups in total. The lowest BCUT2D eigenvalue weighted by atomic mass is 9.81. The normalized spacial score (nSPS) is 14.2. The Morgan fingerprint density at radius 3 is 2.60 bits per heavy atom. The highest BCUT2D eigenvalue weighted by molar-refractivity contribution is 5.21. The largest absolute Gasteiger partial charge is 0.396 e. The third-order valence-corrected chi connectivity index (χ3v) is 4.11. The van der Waals surface area contributed by atoms with E-state index in [2.05, 4.69) is 10.4 Å². The molecule has 0 fully saturated rings. The van der Waals surface area contributed by atoms with Crippen molar-refractivity contribution in [2.45, 2.75) is 32.5 Å². The number of aliphatic hydroxyl groups is 2. The van der Waals surface area contributed by atoms with Crippen LogP contribution < -0.4 is 5.32 Å². The van der Waals surface area contributed by atoms with Gasteiger partial charge >= 0.3 is 5.69 Å². The fourth-order valence-corrected chi connectivity index (χ4v) is 2.66. The fraction of sp³-hybridized carbons (Fsp3) is 0.471. The Morgan fingerprint density at radius 1 is 1.36 bits per heavy atom. The van der Waals surface area contributed by atoms with Crippen LogP contribution in [-0.2, 0) is 6.54 Å². The molecule has 8 heteroatoms. The zero-order valence-electron chi connectivity index (χ0n) is 14.4. The second-order valence-corrected chi connectivity index (χ2v) is 6.73. The van der Waals surface area contributed by atoms with E-state index in [4.69, 9.17) is 0 Å². The first-order valence-corrected chi connectivity index (χ1v) is 8.07. The van der Waals surface area contributed by atoms with Crippen LogP contribution in [0.5, 0.6) is 0 Å². The number of nitrogens with one attached hydrogen (secondary N) is 1. The second-order valence-electron chi connectivity index (χ2n) is 6.73. The number of aliphatic hydroxyl groups excluding tert-OH is 2. The molecule has 25 heavy (non-hydrogen) atoms. The van der Waals surface area contributed by atoms with Crippen molar-refractivity contribution in [2.75, 3.05) is 13.2 Å². The van der Waals surface area contributed by atoms with Crippen LogP contribution in [0.1, 0.15) is 25.5 Å². The van der Waals surface area contributed by atoms with E-state index in [-0.39, 0.29) is 31.4 Å². The van der Waals surface area contributed by atoms with Crippen LogP contribution in [0.15, 0.2) is 42.7 Å². The monoisotopic (exact) mass is 348 g/mol. The molecule has 1 aromatic carbocycles. The van der Waals surface area contributed by atoms with Gasteiger partial charge in [-0.2, -0.15) is 5.10 Å². The topological polar surface area (TPSA) is 113 Å². The molecule has 136 valence electrons. The zero-order chi connectivity index (χ0) is 18.4. The summed E-state index contributed by atoms with van der Waals surface area (Å²) in [5.74, 6) is 0. The molecule has 8 nitrogen and oxygen atoms in total. The Labute approximate surface area is 146 Å². The number of rotatable bonds is 9. The molecule has 1 aromatic heterocycles. The first-order chi connectivity index (χ1) is 11.8. The third-order valence-electron chi connectivity index (χ3n) is 4.11. The molecule has 0 radical (unpaired) electrons.